The van der Waals surface area contributed by atoms with E-state index in [1.54, 1.807) is 0 Å². The highest BCUT2D eigenvalue weighted by atomic mass is 32.2. The predicted octanol–water partition coefficient (Wildman–Crippen LogP) is 7.48. The van der Waals surface area contributed by atoms with Gasteiger partial charge in [0.15, 0.2) is 0 Å². The van der Waals surface area contributed by atoms with Crippen LogP contribution in [0, 0.1) is 0 Å². The van der Waals surface area contributed by atoms with Crippen molar-refractivity contribution in [2.75, 3.05) is 50.9 Å². The Morgan fingerprint density at radius 3 is 1.03 bits per heavy atom. The average Bonchev–Trinajstić information content (AvgIpc) is 3.53. The molecule has 0 fully saturated rings. The third kappa shape index (κ3) is 46.9. The molecule has 0 saturated heterocycles. The van der Waals surface area contributed by atoms with Crippen LogP contribution in [0.3, 0.4) is 0 Å². The van der Waals surface area contributed by atoms with Gasteiger partial charge in [-0.2, -0.15) is 11.8 Å². The number of carbonyl (C=O) groups is 8. The van der Waals surface area contributed by atoms with Gasteiger partial charge in [-0.1, -0.05) is 168 Å². The van der Waals surface area contributed by atoms with Crippen molar-refractivity contribution in [3.63, 3.8) is 0 Å². The molecule has 23 heteroatoms. The third-order valence-corrected chi connectivity index (χ3v) is 17.0. The zero-order valence-electron chi connectivity index (χ0n) is 54.8. The van der Waals surface area contributed by atoms with Crippen LogP contribution in [0.5, 0.6) is 0 Å². The highest BCUT2D eigenvalue weighted by molar-refractivity contribution is 7.99. The lowest BCUT2D eigenvalue weighted by molar-refractivity contribution is -0.157. The second-order valence-corrected chi connectivity index (χ2v) is 25.0. The number of ether oxygens (including phenoxy) is 2. The smallest absolute Gasteiger partial charge is 0.326 e. The van der Waals surface area contributed by atoms with Gasteiger partial charge in [-0.15, -0.1) is 0 Å². The first-order chi connectivity index (χ1) is 42.6. The molecule has 17 N–H and O–H groups in total. The van der Waals surface area contributed by atoms with Crippen LogP contribution >= 0.6 is 11.8 Å². The van der Waals surface area contributed by atoms with E-state index in [9.17, 15) is 48.6 Å². The number of nitrogens with two attached hydrogens (primary N) is 5. The molecule has 0 rings (SSSR count). The van der Waals surface area contributed by atoms with Crippen molar-refractivity contribution < 1.29 is 58.0 Å². The Labute approximate surface area is 534 Å². The lowest BCUT2D eigenvalue weighted by atomic mass is 10.0. The van der Waals surface area contributed by atoms with E-state index >= 15 is 0 Å². The Hall–Kier alpha value is -4.13. The van der Waals surface area contributed by atoms with E-state index in [-0.39, 0.29) is 69.2 Å². The number of unbranched alkanes of at least 4 members (excludes halogenated alkanes) is 28. The number of rotatable bonds is 63. The van der Waals surface area contributed by atoms with Gasteiger partial charge < -0.3 is 74.9 Å². The van der Waals surface area contributed by atoms with Gasteiger partial charge in [-0.3, -0.25) is 33.6 Å². The van der Waals surface area contributed by atoms with Crippen molar-refractivity contribution in [2.45, 2.75) is 313 Å². The number of nitrogens with one attached hydrogen (secondary N) is 5. The number of hydrogen-bond donors (Lipinski definition) is 12. The zero-order chi connectivity index (χ0) is 65.3. The Kier molecular flexibility index (Phi) is 56.4. The maximum Gasteiger partial charge on any atom is 0.326 e. The van der Waals surface area contributed by atoms with Gasteiger partial charge in [0.2, 0.25) is 29.5 Å². The summed E-state index contributed by atoms with van der Waals surface area (Å²) in [5.74, 6) is -5.71. The molecule has 1 unspecified atom stereocenters. The van der Waals surface area contributed by atoms with Crippen LogP contribution in [0.2, 0.25) is 0 Å². The summed E-state index contributed by atoms with van der Waals surface area (Å²) in [5, 5.41) is 33.2. The second kappa shape index (κ2) is 59.2. The normalized spacial score (nSPS) is 13.7. The first kappa shape index (κ1) is 83.9. The molecule has 0 radical (unpaired) electrons. The van der Waals surface area contributed by atoms with Crippen LogP contribution in [0.1, 0.15) is 271 Å². The minimum Gasteiger partial charge on any atom is -0.480 e. The van der Waals surface area contributed by atoms with Crippen LogP contribution in [0.4, 0.5) is 0 Å². The van der Waals surface area contributed by atoms with Crippen molar-refractivity contribution in [1.82, 2.24) is 26.6 Å². The van der Waals surface area contributed by atoms with Gasteiger partial charge >= 0.3 is 17.9 Å². The summed E-state index contributed by atoms with van der Waals surface area (Å²) >= 11 is 1.20. The molecule has 514 valence electrons. The molecule has 0 saturated carbocycles. The van der Waals surface area contributed by atoms with E-state index in [1.165, 1.54) is 127 Å². The molecular weight excluding hydrogens is 1140 g/mol. The number of aliphatic carboxylic acids is 1. The molecule has 0 aromatic heterocycles. The molecule has 0 bridgehead atoms. The Balaban J connectivity index is 5.81. The Bertz CT molecular complexity index is 1810. The number of hydrogen-bond acceptors (Lipinski definition) is 17. The minimum atomic E-state index is -1.54. The third-order valence-electron chi connectivity index (χ3n) is 15.8. The molecule has 0 aromatic rings. The Morgan fingerprint density at radius 2 is 0.693 bits per heavy atom. The maximum atomic E-state index is 14.1. The van der Waals surface area contributed by atoms with Crippen LogP contribution in [-0.2, 0) is 47.8 Å². The number of carbonyl (C=O) groups excluding carboxylic acids is 7. The predicted molar refractivity (Wildman–Crippen MR) is 353 cm³/mol. The summed E-state index contributed by atoms with van der Waals surface area (Å²) in [6.07, 6.45) is 34.6. The molecule has 0 aliphatic rings. The first-order valence-electron chi connectivity index (χ1n) is 34.5. The van der Waals surface area contributed by atoms with Crippen LogP contribution in [0.25, 0.3) is 0 Å². The molecule has 0 aliphatic heterocycles. The fraction of sp³-hybridized carbons (Fsp3) is 0.877. The topological polar surface area (TPSA) is 386 Å². The molecule has 7 atom stereocenters. The fourth-order valence-electron chi connectivity index (χ4n) is 10.2. The number of carboxylic acid groups (broad SMARTS) is 1. The van der Waals surface area contributed by atoms with Gasteiger partial charge in [0, 0.05) is 24.3 Å². The van der Waals surface area contributed by atoms with E-state index in [1.807, 2.05) is 0 Å². The van der Waals surface area contributed by atoms with Gasteiger partial charge in [0.1, 0.15) is 42.9 Å². The van der Waals surface area contributed by atoms with Crippen molar-refractivity contribution >= 4 is 59.2 Å². The van der Waals surface area contributed by atoms with E-state index in [0.29, 0.717) is 83.8 Å². The SMILES string of the molecule is CCCCCCCCCCCCCCCC(=O)OCC(CSC[C@H](N)C(=O)N[C@@H](CO)C(=O)N[C@@H](CCCCN)C(=O)N[C@@H](CCCCN)C(=O)N[C@@H](CCCCN)C(=O)N[C@@H](CCCCN)C(=O)O)OC(=O)CCCCCCCCCCCCCCC. The van der Waals surface area contributed by atoms with Crippen LogP contribution < -0.4 is 55.3 Å². The molecular formula is C65H126N10O12S. The summed E-state index contributed by atoms with van der Waals surface area (Å²) in [5.41, 5.74) is 29.1. The molecule has 5 amide bonds. The van der Waals surface area contributed by atoms with Gasteiger partial charge in [-0.05, 0) is 116 Å². The number of carboxylic acids is 1. The molecule has 0 aliphatic carbocycles. The van der Waals surface area contributed by atoms with Gasteiger partial charge in [0.25, 0.3) is 0 Å². The monoisotopic (exact) mass is 1270 g/mol. The standard InChI is InChI=1S/C65H126N10O12S/c1-3-5-7-9-11-13-15-17-19-21-23-25-27-41-58(77)86-48-51(87-59(78)42-28-26-24-22-20-18-16-14-12-10-8-6-4-2)49-88-50-52(70)60(79)75-57(47-76)64(83)73-54(38-30-34-44-67)62(81)71-53(37-29-33-43-66)61(80)72-55(39-31-35-45-68)63(82)74-56(65(84)85)40-32-36-46-69/h51-57,76H,3-50,66-70H2,1-2H3,(H,71,81)(H,72,80)(H,73,83)(H,74,82)(H,75,79)(H,84,85)/t51?,52-,53-,54-,55-,56-,57-/m0/s1. The van der Waals surface area contributed by atoms with Gasteiger partial charge in [0.05, 0.1) is 12.6 Å². The molecule has 22 nitrogen and oxygen atoms in total. The number of aliphatic hydroxyl groups excluding tert-OH is 1. The summed E-state index contributed by atoms with van der Waals surface area (Å²) in [7, 11) is 0. The lowest BCUT2D eigenvalue weighted by Gasteiger charge is -2.27. The number of amides is 5. The summed E-state index contributed by atoms with van der Waals surface area (Å²) in [6, 6.07) is -7.60. The molecule has 0 aromatic carbocycles. The van der Waals surface area contributed by atoms with Crippen molar-refractivity contribution in [2.24, 2.45) is 28.7 Å². The summed E-state index contributed by atoms with van der Waals surface area (Å²) in [4.78, 5) is 107. The zero-order valence-corrected chi connectivity index (χ0v) is 55.6. The maximum absolute atomic E-state index is 14.1. The highest BCUT2D eigenvalue weighted by Crippen LogP contribution is 2.18. The van der Waals surface area contributed by atoms with Crippen molar-refractivity contribution in [3.05, 3.63) is 0 Å². The lowest BCUT2D eigenvalue weighted by Crippen LogP contribution is -2.59. The number of thioether (sulfide) groups is 1. The average molecular weight is 1270 g/mol. The van der Waals surface area contributed by atoms with Crippen LogP contribution in [0.15, 0.2) is 0 Å². The summed E-state index contributed by atoms with van der Waals surface area (Å²) < 4.78 is 11.5. The van der Waals surface area contributed by atoms with E-state index < -0.39 is 90.4 Å². The van der Waals surface area contributed by atoms with E-state index in [4.69, 9.17) is 38.1 Å². The summed E-state index contributed by atoms with van der Waals surface area (Å²) in [6.45, 7) is 4.72. The quantitative estimate of drug-likeness (QED) is 0.0207. The van der Waals surface area contributed by atoms with Crippen molar-refractivity contribution in [3.8, 4) is 0 Å². The fourth-order valence-corrected chi connectivity index (χ4v) is 11.2. The Morgan fingerprint density at radius 1 is 0.386 bits per heavy atom. The van der Waals surface area contributed by atoms with Crippen molar-refractivity contribution in [1.29, 1.82) is 0 Å². The minimum absolute atomic E-state index is 0.00755. The molecule has 0 heterocycles. The van der Waals surface area contributed by atoms with E-state index in [2.05, 4.69) is 40.4 Å². The first-order valence-corrected chi connectivity index (χ1v) is 35.6. The van der Waals surface area contributed by atoms with E-state index in [0.717, 1.165) is 38.5 Å². The van der Waals surface area contributed by atoms with Crippen LogP contribution in [-0.4, -0.2) is 151 Å². The van der Waals surface area contributed by atoms with Gasteiger partial charge in [-0.25, -0.2) is 4.79 Å². The molecule has 0 spiro atoms. The highest BCUT2D eigenvalue weighted by Gasteiger charge is 2.33. The molecule has 88 heavy (non-hydrogen) atoms. The number of esters is 2. The number of aliphatic hydroxyl groups is 1. The second-order valence-electron chi connectivity index (χ2n) is 23.9. The largest absolute Gasteiger partial charge is 0.480 e.